The molecule has 1 amide bonds. The zero-order chi connectivity index (χ0) is 14.1. The van der Waals surface area contributed by atoms with E-state index in [4.69, 9.17) is 9.84 Å². The van der Waals surface area contributed by atoms with Gasteiger partial charge in [0.2, 0.25) is 5.91 Å². The molecule has 19 heavy (non-hydrogen) atoms. The molecule has 1 aromatic carbocycles. The standard InChI is InChI=1S/C13H17NO4S/c1-18-10-2-4-11(5-3-10)19-9-7-12(15)14-8-6-13(16)17/h2-5H,6-9H2,1H3,(H,14,15)(H,16,17). The number of carboxylic acid groups (broad SMARTS) is 1. The Balaban J connectivity index is 2.18. The topological polar surface area (TPSA) is 75.6 Å². The average molecular weight is 283 g/mol. The lowest BCUT2D eigenvalue weighted by Gasteiger charge is -2.04. The lowest BCUT2D eigenvalue weighted by molar-refractivity contribution is -0.136. The van der Waals surface area contributed by atoms with Crippen molar-refractivity contribution in [2.75, 3.05) is 19.4 Å². The molecule has 0 fully saturated rings. The Morgan fingerprint density at radius 2 is 1.95 bits per heavy atom. The van der Waals surface area contributed by atoms with Crippen molar-refractivity contribution in [3.63, 3.8) is 0 Å². The van der Waals surface area contributed by atoms with Crippen LogP contribution < -0.4 is 10.1 Å². The Morgan fingerprint density at radius 3 is 2.53 bits per heavy atom. The third kappa shape index (κ3) is 6.71. The highest BCUT2D eigenvalue weighted by Gasteiger charge is 2.03. The normalized spacial score (nSPS) is 9.95. The van der Waals surface area contributed by atoms with Crippen LogP contribution in [0.2, 0.25) is 0 Å². The van der Waals surface area contributed by atoms with Gasteiger partial charge in [0.25, 0.3) is 0 Å². The molecular formula is C13H17NO4S. The highest BCUT2D eigenvalue weighted by Crippen LogP contribution is 2.21. The first-order valence-corrected chi connectivity index (χ1v) is 6.85. The van der Waals surface area contributed by atoms with Gasteiger partial charge in [-0.25, -0.2) is 0 Å². The molecule has 0 saturated heterocycles. The fourth-order valence-corrected chi connectivity index (χ4v) is 2.18. The Hall–Kier alpha value is -1.69. The molecule has 0 aliphatic heterocycles. The molecule has 1 aromatic rings. The number of nitrogens with one attached hydrogen (secondary N) is 1. The van der Waals surface area contributed by atoms with Crippen molar-refractivity contribution in [3.8, 4) is 5.75 Å². The quantitative estimate of drug-likeness (QED) is 0.711. The molecule has 0 aliphatic carbocycles. The lowest BCUT2D eigenvalue weighted by Crippen LogP contribution is -2.26. The Bertz CT molecular complexity index is 419. The fraction of sp³-hybridized carbons (Fsp3) is 0.385. The molecule has 0 aliphatic rings. The number of hydrogen-bond acceptors (Lipinski definition) is 4. The Morgan fingerprint density at radius 1 is 1.26 bits per heavy atom. The van der Waals surface area contributed by atoms with E-state index in [0.29, 0.717) is 12.2 Å². The van der Waals surface area contributed by atoms with Crippen LogP contribution in [0.5, 0.6) is 5.75 Å². The number of carbonyl (C=O) groups is 2. The number of thioether (sulfide) groups is 1. The molecule has 104 valence electrons. The summed E-state index contributed by atoms with van der Waals surface area (Å²) in [6, 6.07) is 7.61. The smallest absolute Gasteiger partial charge is 0.305 e. The SMILES string of the molecule is COc1ccc(SCCC(=O)NCCC(=O)O)cc1. The summed E-state index contributed by atoms with van der Waals surface area (Å²) in [5.74, 6) is 0.427. The molecule has 0 saturated carbocycles. The first-order valence-electron chi connectivity index (χ1n) is 5.87. The molecule has 0 spiro atoms. The number of hydrogen-bond donors (Lipinski definition) is 2. The first kappa shape index (κ1) is 15.4. The predicted molar refractivity (Wildman–Crippen MR) is 73.6 cm³/mol. The summed E-state index contributed by atoms with van der Waals surface area (Å²) >= 11 is 1.57. The third-order valence-corrected chi connectivity index (χ3v) is 3.33. The molecule has 0 atom stereocenters. The van der Waals surface area contributed by atoms with Crippen LogP contribution in [-0.2, 0) is 9.59 Å². The van der Waals surface area contributed by atoms with Crippen LogP contribution in [0.15, 0.2) is 29.2 Å². The summed E-state index contributed by atoms with van der Waals surface area (Å²) < 4.78 is 5.05. The van der Waals surface area contributed by atoms with E-state index in [1.54, 1.807) is 18.9 Å². The van der Waals surface area contributed by atoms with Crippen LogP contribution >= 0.6 is 11.8 Å². The van der Waals surface area contributed by atoms with E-state index in [0.717, 1.165) is 10.6 Å². The van der Waals surface area contributed by atoms with Gasteiger partial charge in [-0.05, 0) is 24.3 Å². The van der Waals surface area contributed by atoms with Crippen LogP contribution in [0.3, 0.4) is 0 Å². The van der Waals surface area contributed by atoms with Gasteiger partial charge in [-0.3, -0.25) is 9.59 Å². The monoisotopic (exact) mass is 283 g/mol. The second-order valence-electron chi connectivity index (χ2n) is 3.77. The molecule has 6 heteroatoms. The van der Waals surface area contributed by atoms with Crippen LogP contribution in [0.1, 0.15) is 12.8 Å². The van der Waals surface area contributed by atoms with Crippen molar-refractivity contribution in [1.29, 1.82) is 0 Å². The molecule has 1 rings (SSSR count). The summed E-state index contributed by atoms with van der Waals surface area (Å²) in [4.78, 5) is 22.7. The van der Waals surface area contributed by atoms with Gasteiger partial charge in [0, 0.05) is 23.6 Å². The van der Waals surface area contributed by atoms with E-state index in [1.807, 2.05) is 24.3 Å². The highest BCUT2D eigenvalue weighted by atomic mass is 32.2. The number of aliphatic carboxylic acids is 1. The van der Waals surface area contributed by atoms with Gasteiger partial charge < -0.3 is 15.2 Å². The number of carboxylic acids is 1. The van der Waals surface area contributed by atoms with Gasteiger partial charge in [-0.2, -0.15) is 0 Å². The Labute approximate surface area is 116 Å². The number of carbonyl (C=O) groups excluding carboxylic acids is 1. The number of methoxy groups -OCH3 is 1. The van der Waals surface area contributed by atoms with Gasteiger partial charge in [-0.15, -0.1) is 11.8 Å². The molecule has 0 aromatic heterocycles. The largest absolute Gasteiger partial charge is 0.497 e. The Kier molecular flexibility index (Phi) is 6.81. The molecule has 0 heterocycles. The minimum Gasteiger partial charge on any atom is -0.497 e. The van der Waals surface area contributed by atoms with E-state index in [2.05, 4.69) is 5.32 Å². The molecule has 5 nitrogen and oxygen atoms in total. The number of benzene rings is 1. The van der Waals surface area contributed by atoms with E-state index < -0.39 is 5.97 Å². The van der Waals surface area contributed by atoms with E-state index in [-0.39, 0.29) is 18.9 Å². The van der Waals surface area contributed by atoms with Crippen molar-refractivity contribution in [3.05, 3.63) is 24.3 Å². The summed E-state index contributed by atoms with van der Waals surface area (Å²) in [5.41, 5.74) is 0. The van der Waals surface area contributed by atoms with Crippen molar-refractivity contribution in [2.24, 2.45) is 0 Å². The maximum atomic E-state index is 11.4. The van der Waals surface area contributed by atoms with Crippen molar-refractivity contribution in [1.82, 2.24) is 5.32 Å². The second-order valence-corrected chi connectivity index (χ2v) is 4.94. The average Bonchev–Trinajstić information content (AvgIpc) is 2.39. The minimum absolute atomic E-state index is 0.0443. The first-order chi connectivity index (χ1) is 9.11. The van der Waals surface area contributed by atoms with Crippen molar-refractivity contribution >= 4 is 23.6 Å². The van der Waals surface area contributed by atoms with Crippen LogP contribution in [0, 0.1) is 0 Å². The number of rotatable bonds is 8. The minimum atomic E-state index is -0.909. The third-order valence-electron chi connectivity index (χ3n) is 2.32. The lowest BCUT2D eigenvalue weighted by atomic mass is 10.3. The van der Waals surface area contributed by atoms with Crippen molar-refractivity contribution < 1.29 is 19.4 Å². The summed E-state index contributed by atoms with van der Waals surface area (Å²) in [5, 5.41) is 11.0. The van der Waals surface area contributed by atoms with Gasteiger partial charge >= 0.3 is 5.97 Å². The summed E-state index contributed by atoms with van der Waals surface area (Å²) in [6.07, 6.45) is 0.327. The number of amides is 1. The van der Waals surface area contributed by atoms with Gasteiger partial charge in [0.1, 0.15) is 5.75 Å². The van der Waals surface area contributed by atoms with Crippen LogP contribution in [-0.4, -0.2) is 36.4 Å². The maximum Gasteiger partial charge on any atom is 0.305 e. The van der Waals surface area contributed by atoms with E-state index in [9.17, 15) is 9.59 Å². The van der Waals surface area contributed by atoms with Gasteiger partial charge in [0.05, 0.1) is 13.5 Å². The van der Waals surface area contributed by atoms with Gasteiger partial charge in [0.15, 0.2) is 0 Å². The molecular weight excluding hydrogens is 266 g/mol. The van der Waals surface area contributed by atoms with Crippen LogP contribution in [0.4, 0.5) is 0 Å². The van der Waals surface area contributed by atoms with E-state index in [1.165, 1.54) is 0 Å². The zero-order valence-corrected chi connectivity index (χ0v) is 11.5. The number of ether oxygens (including phenoxy) is 1. The molecule has 2 N–H and O–H groups in total. The summed E-state index contributed by atoms with van der Waals surface area (Å²) in [7, 11) is 1.61. The predicted octanol–water partition coefficient (Wildman–Crippen LogP) is 1.77. The van der Waals surface area contributed by atoms with Gasteiger partial charge in [-0.1, -0.05) is 0 Å². The second kappa shape index (κ2) is 8.42. The molecule has 0 bridgehead atoms. The maximum absolute atomic E-state index is 11.4. The zero-order valence-electron chi connectivity index (χ0n) is 10.7. The molecule has 0 unspecified atom stereocenters. The fourth-order valence-electron chi connectivity index (χ4n) is 1.33. The molecule has 0 radical (unpaired) electrons. The summed E-state index contributed by atoms with van der Waals surface area (Å²) in [6.45, 7) is 0.182. The van der Waals surface area contributed by atoms with E-state index >= 15 is 0 Å². The van der Waals surface area contributed by atoms with Crippen molar-refractivity contribution in [2.45, 2.75) is 17.7 Å². The van der Waals surface area contributed by atoms with Crippen LogP contribution in [0.25, 0.3) is 0 Å². The highest BCUT2D eigenvalue weighted by molar-refractivity contribution is 7.99.